The summed E-state index contributed by atoms with van der Waals surface area (Å²) < 4.78 is 29.2. The third-order valence-electron chi connectivity index (χ3n) is 5.72. The van der Waals surface area contributed by atoms with Gasteiger partial charge in [0.1, 0.15) is 0 Å². The van der Waals surface area contributed by atoms with Crippen LogP contribution in [0, 0.1) is 17.8 Å². The molecule has 1 saturated carbocycles. The van der Waals surface area contributed by atoms with Gasteiger partial charge in [0.2, 0.25) is 0 Å². The quantitative estimate of drug-likeness (QED) is 0.856. The molecule has 1 aliphatic carbocycles. The molecule has 3 aliphatic rings. The molecular formula is C15H29N3O2S. The Kier molecular flexibility index (Phi) is 4.88. The number of rotatable bonds is 3. The van der Waals surface area contributed by atoms with Crippen molar-refractivity contribution >= 4 is 10.2 Å². The number of nitrogens with two attached hydrogens (primary N) is 1. The monoisotopic (exact) mass is 315 g/mol. The maximum absolute atomic E-state index is 12.9. The molecule has 3 rings (SSSR count). The summed E-state index contributed by atoms with van der Waals surface area (Å²) in [5, 5.41) is 0. The van der Waals surface area contributed by atoms with E-state index >= 15 is 0 Å². The van der Waals surface area contributed by atoms with Gasteiger partial charge in [0.15, 0.2) is 0 Å². The first-order valence-electron chi connectivity index (χ1n) is 8.56. The van der Waals surface area contributed by atoms with Crippen molar-refractivity contribution in [2.24, 2.45) is 23.5 Å². The van der Waals surface area contributed by atoms with Crippen molar-refractivity contribution in [3.63, 3.8) is 0 Å². The predicted molar refractivity (Wildman–Crippen MR) is 83.9 cm³/mol. The zero-order valence-corrected chi connectivity index (χ0v) is 13.7. The number of piperidine rings is 2. The Labute approximate surface area is 129 Å². The first-order chi connectivity index (χ1) is 10.1. The van der Waals surface area contributed by atoms with Gasteiger partial charge in [-0.05, 0) is 50.0 Å². The SMILES string of the molecule is NCC1CCCN(S(=O)(=O)N2CCC3CCCCC3C2)C1. The van der Waals surface area contributed by atoms with Crippen LogP contribution in [0.3, 0.4) is 0 Å². The molecule has 3 atom stereocenters. The summed E-state index contributed by atoms with van der Waals surface area (Å²) in [6.07, 6.45) is 8.18. The first-order valence-corrected chi connectivity index (χ1v) is 9.96. The van der Waals surface area contributed by atoms with Crippen LogP contribution in [-0.2, 0) is 10.2 Å². The van der Waals surface area contributed by atoms with Crippen LogP contribution in [0.2, 0.25) is 0 Å². The van der Waals surface area contributed by atoms with Crippen molar-refractivity contribution < 1.29 is 8.42 Å². The van der Waals surface area contributed by atoms with Gasteiger partial charge < -0.3 is 5.73 Å². The van der Waals surface area contributed by atoms with Crippen LogP contribution in [0.1, 0.15) is 44.9 Å². The van der Waals surface area contributed by atoms with Gasteiger partial charge in [0.05, 0.1) is 0 Å². The molecule has 0 aromatic rings. The molecule has 5 nitrogen and oxygen atoms in total. The van der Waals surface area contributed by atoms with Crippen LogP contribution < -0.4 is 5.73 Å². The maximum Gasteiger partial charge on any atom is 0.281 e. The van der Waals surface area contributed by atoms with Crippen LogP contribution in [-0.4, -0.2) is 49.8 Å². The Balaban J connectivity index is 1.67. The molecule has 0 radical (unpaired) electrons. The summed E-state index contributed by atoms with van der Waals surface area (Å²) in [6.45, 7) is 3.34. The molecule has 3 unspecified atom stereocenters. The Hall–Kier alpha value is -0.170. The van der Waals surface area contributed by atoms with Crippen molar-refractivity contribution in [2.75, 3.05) is 32.7 Å². The molecule has 122 valence electrons. The number of fused-ring (bicyclic) bond motifs is 1. The summed E-state index contributed by atoms with van der Waals surface area (Å²) in [7, 11) is -3.27. The van der Waals surface area contributed by atoms with Crippen molar-refractivity contribution in [1.29, 1.82) is 0 Å². The third-order valence-corrected chi connectivity index (χ3v) is 7.69. The molecule has 0 bridgehead atoms. The first kappa shape index (κ1) is 15.7. The lowest BCUT2D eigenvalue weighted by Crippen LogP contribution is -2.53. The summed E-state index contributed by atoms with van der Waals surface area (Å²) in [6, 6.07) is 0. The van der Waals surface area contributed by atoms with E-state index < -0.39 is 10.2 Å². The van der Waals surface area contributed by atoms with E-state index in [2.05, 4.69) is 0 Å². The molecule has 2 N–H and O–H groups in total. The topological polar surface area (TPSA) is 66.6 Å². The summed E-state index contributed by atoms with van der Waals surface area (Å²) in [5.41, 5.74) is 5.74. The molecular weight excluding hydrogens is 286 g/mol. The highest BCUT2D eigenvalue weighted by Gasteiger charge is 2.39. The second kappa shape index (κ2) is 6.52. The maximum atomic E-state index is 12.9. The van der Waals surface area contributed by atoms with Crippen LogP contribution in [0.5, 0.6) is 0 Å². The Morgan fingerprint density at radius 3 is 2.33 bits per heavy atom. The Morgan fingerprint density at radius 2 is 1.57 bits per heavy atom. The molecule has 0 aromatic heterocycles. The minimum absolute atomic E-state index is 0.334. The third kappa shape index (κ3) is 3.28. The minimum Gasteiger partial charge on any atom is -0.330 e. The summed E-state index contributed by atoms with van der Waals surface area (Å²) in [4.78, 5) is 0. The van der Waals surface area contributed by atoms with E-state index in [-0.39, 0.29) is 0 Å². The molecule has 2 aliphatic heterocycles. The van der Waals surface area contributed by atoms with Gasteiger partial charge >= 0.3 is 0 Å². The molecule has 0 amide bonds. The van der Waals surface area contributed by atoms with E-state index in [1.807, 2.05) is 0 Å². The van der Waals surface area contributed by atoms with E-state index in [1.165, 1.54) is 25.7 Å². The smallest absolute Gasteiger partial charge is 0.281 e. The molecule has 3 fully saturated rings. The molecule has 2 saturated heterocycles. The van der Waals surface area contributed by atoms with Gasteiger partial charge in [-0.1, -0.05) is 19.3 Å². The van der Waals surface area contributed by atoms with Gasteiger partial charge in [-0.3, -0.25) is 0 Å². The van der Waals surface area contributed by atoms with Crippen molar-refractivity contribution in [3.05, 3.63) is 0 Å². The second-order valence-electron chi connectivity index (χ2n) is 7.06. The zero-order valence-electron chi connectivity index (χ0n) is 12.9. The zero-order chi connectivity index (χ0) is 14.9. The fourth-order valence-corrected chi connectivity index (χ4v) is 6.17. The minimum atomic E-state index is -3.27. The van der Waals surface area contributed by atoms with E-state index in [9.17, 15) is 8.42 Å². The largest absolute Gasteiger partial charge is 0.330 e. The average molecular weight is 315 g/mol. The normalized spacial score (nSPS) is 36.3. The fourth-order valence-electron chi connectivity index (χ4n) is 4.37. The van der Waals surface area contributed by atoms with Crippen molar-refractivity contribution in [3.8, 4) is 0 Å². The highest BCUT2D eigenvalue weighted by atomic mass is 32.2. The van der Waals surface area contributed by atoms with Gasteiger partial charge in [0, 0.05) is 26.2 Å². The van der Waals surface area contributed by atoms with Gasteiger partial charge in [0.25, 0.3) is 10.2 Å². The number of hydrogen-bond acceptors (Lipinski definition) is 3. The van der Waals surface area contributed by atoms with E-state index in [0.717, 1.165) is 31.7 Å². The van der Waals surface area contributed by atoms with E-state index in [4.69, 9.17) is 5.73 Å². The lowest BCUT2D eigenvalue weighted by Gasteiger charge is -2.43. The van der Waals surface area contributed by atoms with E-state index in [0.29, 0.717) is 38.0 Å². The fraction of sp³-hybridized carbons (Fsp3) is 1.00. The van der Waals surface area contributed by atoms with Gasteiger partial charge in [-0.15, -0.1) is 0 Å². The summed E-state index contributed by atoms with van der Waals surface area (Å²) >= 11 is 0. The van der Waals surface area contributed by atoms with Gasteiger partial charge in [-0.25, -0.2) is 0 Å². The molecule has 21 heavy (non-hydrogen) atoms. The predicted octanol–water partition coefficient (Wildman–Crippen LogP) is 1.41. The highest BCUT2D eigenvalue weighted by molar-refractivity contribution is 7.86. The Bertz CT molecular complexity index is 454. The Morgan fingerprint density at radius 1 is 0.857 bits per heavy atom. The van der Waals surface area contributed by atoms with Crippen LogP contribution in [0.25, 0.3) is 0 Å². The van der Waals surface area contributed by atoms with Gasteiger partial charge in [-0.2, -0.15) is 17.0 Å². The molecule has 0 spiro atoms. The van der Waals surface area contributed by atoms with Crippen LogP contribution in [0.4, 0.5) is 0 Å². The van der Waals surface area contributed by atoms with E-state index in [1.54, 1.807) is 8.61 Å². The van der Waals surface area contributed by atoms with Crippen LogP contribution >= 0.6 is 0 Å². The second-order valence-corrected chi connectivity index (χ2v) is 8.99. The van der Waals surface area contributed by atoms with Crippen molar-refractivity contribution in [1.82, 2.24) is 8.61 Å². The summed E-state index contributed by atoms with van der Waals surface area (Å²) in [5.74, 6) is 1.70. The standard InChI is InChI=1S/C15H29N3O2S/c16-10-13-4-3-8-17(11-13)21(19,20)18-9-7-14-5-1-2-6-15(14)12-18/h13-15H,1-12,16H2. The highest BCUT2D eigenvalue weighted by Crippen LogP contribution is 2.37. The average Bonchev–Trinajstić information content (AvgIpc) is 2.54. The molecule has 0 aromatic carbocycles. The number of nitrogens with zero attached hydrogens (tertiary/aromatic N) is 2. The molecule has 6 heteroatoms. The lowest BCUT2D eigenvalue weighted by molar-refractivity contribution is 0.128. The van der Waals surface area contributed by atoms with Crippen molar-refractivity contribution in [2.45, 2.75) is 44.9 Å². The van der Waals surface area contributed by atoms with Crippen LogP contribution in [0.15, 0.2) is 0 Å². The lowest BCUT2D eigenvalue weighted by atomic mass is 9.76. The molecule has 2 heterocycles. The number of hydrogen-bond donors (Lipinski definition) is 1.